The first-order valence-corrected chi connectivity index (χ1v) is 10.8. The number of halogens is 1. The van der Waals surface area contributed by atoms with E-state index in [1.807, 2.05) is 0 Å². The predicted octanol–water partition coefficient (Wildman–Crippen LogP) is 1.85. The Bertz CT molecular complexity index is 1230. The van der Waals surface area contributed by atoms with Gasteiger partial charge in [0.2, 0.25) is 0 Å². The molecule has 1 amide bonds. The molecule has 4 heterocycles. The number of carbonyl (C=O) groups excluding carboxylic acids is 1. The fraction of sp³-hybridized carbons (Fsp3) is 0.304. The summed E-state index contributed by atoms with van der Waals surface area (Å²) in [7, 11) is 3.34. The number of fused-ring (bicyclic) bond motifs is 1. The third-order valence-electron chi connectivity index (χ3n) is 5.46. The van der Waals surface area contributed by atoms with E-state index in [0.717, 1.165) is 5.56 Å². The summed E-state index contributed by atoms with van der Waals surface area (Å²) in [5.41, 5.74) is 7.28. The van der Waals surface area contributed by atoms with Crippen LogP contribution in [0.4, 0.5) is 10.2 Å². The summed E-state index contributed by atoms with van der Waals surface area (Å²) < 4.78 is 26.7. The minimum Gasteiger partial charge on any atom is -0.490 e. The van der Waals surface area contributed by atoms with Gasteiger partial charge in [0.1, 0.15) is 18.4 Å². The first-order valence-electron chi connectivity index (χ1n) is 10.8. The summed E-state index contributed by atoms with van der Waals surface area (Å²) in [6.45, 7) is 2.36. The topological polar surface area (TPSA) is 127 Å². The minimum absolute atomic E-state index is 0.139. The number of amides is 1. The number of rotatable bonds is 9. The van der Waals surface area contributed by atoms with Crippen molar-refractivity contribution in [3.8, 4) is 16.9 Å². The number of hydrogen-bond acceptors (Lipinski definition) is 9. The van der Waals surface area contributed by atoms with Crippen molar-refractivity contribution in [2.24, 2.45) is 7.05 Å². The first-order chi connectivity index (χ1) is 16.9. The van der Waals surface area contributed by atoms with Crippen molar-refractivity contribution < 1.29 is 23.8 Å². The van der Waals surface area contributed by atoms with Crippen molar-refractivity contribution in [3.05, 3.63) is 60.2 Å². The molecule has 2 atom stereocenters. The van der Waals surface area contributed by atoms with Gasteiger partial charge >= 0.3 is 0 Å². The number of carbonyl (C=O) groups is 1. The molecule has 1 aliphatic heterocycles. The summed E-state index contributed by atoms with van der Waals surface area (Å²) >= 11 is 0. The molecule has 2 unspecified atom stereocenters. The van der Waals surface area contributed by atoms with Crippen LogP contribution in [-0.2, 0) is 16.6 Å². The highest BCUT2D eigenvalue weighted by atomic mass is 19.1. The number of aryl methyl sites for hydroxylation is 1. The van der Waals surface area contributed by atoms with Crippen LogP contribution in [0.15, 0.2) is 43.1 Å². The lowest BCUT2D eigenvalue weighted by Crippen LogP contribution is -2.47. The maximum Gasteiger partial charge on any atom is 0.260 e. The Kier molecular flexibility index (Phi) is 7.22. The van der Waals surface area contributed by atoms with Gasteiger partial charge in [0.15, 0.2) is 17.9 Å². The number of aliphatic hydroxyl groups excluding tert-OH is 1. The van der Waals surface area contributed by atoms with E-state index in [4.69, 9.17) is 9.47 Å². The standard InChI is InChI=1S/C23H26FN7O4/c1-14(31-5-4-20-18(23(31)33)9-17(12-25-20)35-7-6-34-3)22(32)29-28-21-19(24)8-15(10-26-21)16-11-27-30(2)13-16/h4-5,8-14,23,33H,6-7H2,1-3H3,(H,26,28)(H,29,32). The smallest absolute Gasteiger partial charge is 0.260 e. The number of aromatic nitrogens is 4. The summed E-state index contributed by atoms with van der Waals surface area (Å²) in [4.78, 5) is 22.5. The average molecular weight is 484 g/mol. The molecule has 0 spiro atoms. The van der Waals surface area contributed by atoms with E-state index in [9.17, 15) is 14.3 Å². The second-order valence-corrected chi connectivity index (χ2v) is 7.87. The van der Waals surface area contributed by atoms with Crippen molar-refractivity contribution >= 4 is 17.8 Å². The molecule has 12 heteroatoms. The Morgan fingerprint density at radius 1 is 1.23 bits per heavy atom. The van der Waals surface area contributed by atoms with Crippen molar-refractivity contribution in [3.63, 3.8) is 0 Å². The van der Waals surface area contributed by atoms with E-state index in [1.165, 1.54) is 17.2 Å². The van der Waals surface area contributed by atoms with Gasteiger partial charge in [-0.15, -0.1) is 0 Å². The summed E-state index contributed by atoms with van der Waals surface area (Å²) in [6, 6.07) is 2.16. The van der Waals surface area contributed by atoms with E-state index in [-0.39, 0.29) is 5.82 Å². The van der Waals surface area contributed by atoms with Gasteiger partial charge in [-0.1, -0.05) is 0 Å². The van der Waals surface area contributed by atoms with Crippen LogP contribution in [0, 0.1) is 5.82 Å². The molecule has 35 heavy (non-hydrogen) atoms. The number of ether oxygens (including phenoxy) is 2. The number of methoxy groups -OCH3 is 1. The van der Waals surface area contributed by atoms with Crippen LogP contribution in [0.2, 0.25) is 0 Å². The second kappa shape index (κ2) is 10.5. The summed E-state index contributed by atoms with van der Waals surface area (Å²) in [6.07, 6.45) is 8.52. The molecule has 1 aliphatic rings. The molecule has 11 nitrogen and oxygen atoms in total. The highest BCUT2D eigenvalue weighted by Crippen LogP contribution is 2.31. The van der Waals surface area contributed by atoms with Crippen molar-refractivity contribution in [1.82, 2.24) is 30.1 Å². The number of hydrazine groups is 1. The molecule has 0 saturated carbocycles. The van der Waals surface area contributed by atoms with Crippen LogP contribution >= 0.6 is 0 Å². The quantitative estimate of drug-likeness (QED) is 0.309. The number of anilines is 1. The Labute approximate surface area is 201 Å². The molecule has 4 rings (SSSR count). The lowest BCUT2D eigenvalue weighted by molar-refractivity contribution is -0.128. The number of nitrogens with one attached hydrogen (secondary N) is 2. The van der Waals surface area contributed by atoms with Crippen LogP contribution in [0.3, 0.4) is 0 Å². The monoisotopic (exact) mass is 483 g/mol. The Morgan fingerprint density at radius 3 is 2.77 bits per heavy atom. The van der Waals surface area contributed by atoms with Crippen LogP contribution in [0.25, 0.3) is 17.2 Å². The largest absolute Gasteiger partial charge is 0.490 e. The summed E-state index contributed by atoms with van der Waals surface area (Å²) in [5, 5.41) is 14.9. The highest BCUT2D eigenvalue weighted by Gasteiger charge is 2.30. The SMILES string of the molecule is COCCOc1cnc2c(c1)C(O)N(C(C)C(=O)NNc1ncc(-c3cnn(C)c3)cc1F)C=C2. The lowest BCUT2D eigenvalue weighted by Gasteiger charge is -2.34. The zero-order chi connectivity index (χ0) is 24.9. The summed E-state index contributed by atoms with van der Waals surface area (Å²) in [5.74, 6) is -0.807. The Balaban J connectivity index is 1.39. The molecular formula is C23H26FN7O4. The van der Waals surface area contributed by atoms with Gasteiger partial charge in [-0.05, 0) is 25.1 Å². The van der Waals surface area contributed by atoms with Crippen LogP contribution < -0.4 is 15.6 Å². The number of hydrogen-bond donors (Lipinski definition) is 3. The van der Waals surface area contributed by atoms with E-state index < -0.39 is 24.0 Å². The number of nitrogens with zero attached hydrogens (tertiary/aromatic N) is 5. The second-order valence-electron chi connectivity index (χ2n) is 7.87. The fourth-order valence-electron chi connectivity index (χ4n) is 3.50. The van der Waals surface area contributed by atoms with E-state index in [2.05, 4.69) is 25.9 Å². The van der Waals surface area contributed by atoms with Gasteiger partial charge < -0.3 is 19.5 Å². The van der Waals surface area contributed by atoms with Crippen molar-refractivity contribution in [1.29, 1.82) is 0 Å². The molecule has 0 saturated heterocycles. The predicted molar refractivity (Wildman–Crippen MR) is 125 cm³/mol. The van der Waals surface area contributed by atoms with Crippen molar-refractivity contribution in [2.45, 2.75) is 19.2 Å². The van der Waals surface area contributed by atoms with Gasteiger partial charge in [-0.25, -0.2) is 9.37 Å². The third-order valence-corrected chi connectivity index (χ3v) is 5.46. The van der Waals surface area contributed by atoms with Crippen LogP contribution in [0.1, 0.15) is 24.4 Å². The Morgan fingerprint density at radius 2 is 2.06 bits per heavy atom. The van der Waals surface area contributed by atoms with Crippen LogP contribution in [-0.4, -0.2) is 62.0 Å². The molecule has 184 valence electrons. The Hall–Kier alpha value is -4.03. The van der Waals surface area contributed by atoms with E-state index >= 15 is 0 Å². The molecule has 3 aromatic heterocycles. The molecule has 0 radical (unpaired) electrons. The third kappa shape index (κ3) is 5.39. The minimum atomic E-state index is -1.14. The zero-order valence-electron chi connectivity index (χ0n) is 19.5. The molecular weight excluding hydrogens is 457 g/mol. The van der Waals surface area contributed by atoms with Gasteiger partial charge in [0, 0.05) is 49.4 Å². The maximum atomic E-state index is 14.5. The maximum absolute atomic E-state index is 14.5. The first kappa shape index (κ1) is 24.1. The van der Waals surface area contributed by atoms with Gasteiger partial charge in [0.05, 0.1) is 24.7 Å². The van der Waals surface area contributed by atoms with E-state index in [0.29, 0.717) is 35.8 Å². The highest BCUT2D eigenvalue weighted by molar-refractivity contribution is 5.83. The number of aliphatic hydroxyl groups is 1. The van der Waals surface area contributed by atoms with E-state index in [1.54, 1.807) is 62.7 Å². The molecule has 3 aromatic rings. The van der Waals surface area contributed by atoms with Crippen LogP contribution in [0.5, 0.6) is 5.75 Å². The van der Waals surface area contributed by atoms with Crippen molar-refractivity contribution in [2.75, 3.05) is 25.7 Å². The molecule has 0 aliphatic carbocycles. The van der Waals surface area contributed by atoms with Gasteiger partial charge in [-0.2, -0.15) is 5.10 Å². The normalized spacial score (nSPS) is 15.5. The molecule has 3 N–H and O–H groups in total. The number of pyridine rings is 2. The van der Waals surface area contributed by atoms with Gasteiger partial charge in [-0.3, -0.25) is 25.3 Å². The molecule has 0 fully saturated rings. The lowest BCUT2D eigenvalue weighted by atomic mass is 10.1. The van der Waals surface area contributed by atoms with Gasteiger partial charge in [0.25, 0.3) is 5.91 Å². The average Bonchev–Trinajstić information content (AvgIpc) is 3.29. The molecule has 0 bridgehead atoms. The zero-order valence-corrected chi connectivity index (χ0v) is 19.5. The fourth-order valence-corrected chi connectivity index (χ4v) is 3.50. The molecule has 0 aromatic carbocycles.